The van der Waals surface area contributed by atoms with Gasteiger partial charge in [0.2, 0.25) is 5.91 Å². The van der Waals surface area contributed by atoms with Crippen molar-refractivity contribution in [1.29, 1.82) is 5.26 Å². The maximum absolute atomic E-state index is 11.8. The van der Waals surface area contributed by atoms with Crippen molar-refractivity contribution in [3.8, 4) is 6.07 Å². The molecule has 0 aromatic heterocycles. The molecular formula is C13H13N3O2. The van der Waals surface area contributed by atoms with Gasteiger partial charge in [0, 0.05) is 17.8 Å². The van der Waals surface area contributed by atoms with Gasteiger partial charge < -0.3 is 10.6 Å². The van der Waals surface area contributed by atoms with E-state index in [2.05, 4.69) is 10.6 Å². The molecule has 0 fully saturated rings. The van der Waals surface area contributed by atoms with Crippen LogP contribution in [0.3, 0.4) is 0 Å². The Bertz CT molecular complexity index is 546. The van der Waals surface area contributed by atoms with E-state index in [0.717, 1.165) is 5.56 Å². The molecule has 2 amide bonds. The first-order chi connectivity index (χ1) is 8.60. The minimum atomic E-state index is -0.235. The van der Waals surface area contributed by atoms with Crippen LogP contribution in [0.5, 0.6) is 0 Å². The summed E-state index contributed by atoms with van der Waals surface area (Å²) in [5, 5.41) is 14.0. The van der Waals surface area contributed by atoms with E-state index in [4.69, 9.17) is 5.26 Å². The van der Waals surface area contributed by atoms with Gasteiger partial charge in [-0.15, -0.1) is 0 Å². The second-order valence-electron chi connectivity index (χ2n) is 4.34. The second kappa shape index (κ2) is 4.88. The highest BCUT2D eigenvalue weighted by Gasteiger charge is 2.19. The molecule has 5 heteroatoms. The lowest BCUT2D eigenvalue weighted by molar-refractivity contribution is -0.115. The van der Waals surface area contributed by atoms with Crippen LogP contribution in [0, 0.1) is 17.2 Å². The van der Waals surface area contributed by atoms with E-state index in [1.54, 1.807) is 25.1 Å². The normalized spacial score (nSPS) is 14.3. The van der Waals surface area contributed by atoms with Crippen molar-refractivity contribution in [2.45, 2.75) is 13.3 Å². The molecule has 1 aliphatic heterocycles. The first kappa shape index (κ1) is 12.1. The molecule has 92 valence electrons. The fourth-order valence-corrected chi connectivity index (χ4v) is 1.75. The summed E-state index contributed by atoms with van der Waals surface area (Å²) in [6.07, 6.45) is 0.364. The van der Waals surface area contributed by atoms with Crippen LogP contribution in [-0.4, -0.2) is 18.4 Å². The number of carbonyl (C=O) groups excluding carboxylic acids is 2. The van der Waals surface area contributed by atoms with Gasteiger partial charge >= 0.3 is 0 Å². The van der Waals surface area contributed by atoms with E-state index in [9.17, 15) is 9.59 Å². The Balaban J connectivity index is 2.06. The van der Waals surface area contributed by atoms with Crippen LogP contribution in [0.25, 0.3) is 0 Å². The molecule has 0 bridgehead atoms. The molecule has 1 aromatic carbocycles. The lowest BCUT2D eigenvalue weighted by atomic mass is 10.1. The average molecular weight is 243 g/mol. The number of carbonyl (C=O) groups is 2. The van der Waals surface area contributed by atoms with Gasteiger partial charge in [-0.25, -0.2) is 0 Å². The van der Waals surface area contributed by atoms with Crippen LogP contribution >= 0.6 is 0 Å². The molecule has 18 heavy (non-hydrogen) atoms. The van der Waals surface area contributed by atoms with Crippen molar-refractivity contribution < 1.29 is 9.59 Å². The van der Waals surface area contributed by atoms with Crippen molar-refractivity contribution in [3.05, 3.63) is 29.3 Å². The predicted octanol–water partition coefficient (Wildman–Crippen LogP) is 1.07. The molecule has 0 saturated carbocycles. The third-order valence-corrected chi connectivity index (χ3v) is 2.79. The molecule has 1 heterocycles. The molecule has 1 aliphatic rings. The van der Waals surface area contributed by atoms with Crippen LogP contribution in [0.4, 0.5) is 5.69 Å². The maximum Gasteiger partial charge on any atom is 0.251 e. The number of nitriles is 1. The number of nitrogens with one attached hydrogen (secondary N) is 2. The van der Waals surface area contributed by atoms with Gasteiger partial charge in [0.05, 0.1) is 18.4 Å². The largest absolute Gasteiger partial charge is 0.351 e. The predicted molar refractivity (Wildman–Crippen MR) is 65.9 cm³/mol. The SMILES string of the molecule is CC(C#N)CNC(=O)c1ccc2c(c1)NC(=O)C2. The van der Waals surface area contributed by atoms with Crippen LogP contribution in [0.15, 0.2) is 18.2 Å². The molecule has 1 atom stereocenters. The van der Waals surface area contributed by atoms with Crippen molar-refractivity contribution in [2.75, 3.05) is 11.9 Å². The summed E-state index contributed by atoms with van der Waals surface area (Å²) in [6, 6.07) is 7.17. The Morgan fingerprint density at radius 2 is 2.39 bits per heavy atom. The van der Waals surface area contributed by atoms with Gasteiger partial charge in [0.25, 0.3) is 5.91 Å². The molecule has 2 rings (SSSR count). The van der Waals surface area contributed by atoms with Crippen molar-refractivity contribution in [3.63, 3.8) is 0 Å². The van der Waals surface area contributed by atoms with Gasteiger partial charge in [-0.05, 0) is 24.6 Å². The minimum Gasteiger partial charge on any atom is -0.351 e. The molecule has 0 radical (unpaired) electrons. The summed E-state index contributed by atoms with van der Waals surface area (Å²) < 4.78 is 0. The Hall–Kier alpha value is -2.35. The lowest BCUT2D eigenvalue weighted by Gasteiger charge is -2.07. The Morgan fingerprint density at radius 3 is 3.11 bits per heavy atom. The number of fused-ring (bicyclic) bond motifs is 1. The quantitative estimate of drug-likeness (QED) is 0.833. The maximum atomic E-state index is 11.8. The van der Waals surface area contributed by atoms with Gasteiger partial charge in [-0.3, -0.25) is 9.59 Å². The molecule has 0 saturated heterocycles. The van der Waals surface area contributed by atoms with E-state index in [1.165, 1.54) is 0 Å². The molecule has 1 aromatic rings. The smallest absolute Gasteiger partial charge is 0.251 e. The third kappa shape index (κ3) is 2.48. The molecule has 0 aliphatic carbocycles. The standard InChI is InChI=1S/C13H13N3O2/c1-8(6-14)7-15-13(18)10-3-2-9-5-12(17)16-11(9)4-10/h2-4,8H,5,7H2,1H3,(H,15,18)(H,16,17). The summed E-state index contributed by atoms with van der Waals surface area (Å²) in [4.78, 5) is 23.0. The first-order valence-electron chi connectivity index (χ1n) is 5.70. The van der Waals surface area contributed by atoms with E-state index >= 15 is 0 Å². The summed E-state index contributed by atoms with van der Waals surface area (Å²) in [7, 11) is 0. The number of anilines is 1. The van der Waals surface area contributed by atoms with Crippen LogP contribution < -0.4 is 10.6 Å². The van der Waals surface area contributed by atoms with Crippen molar-refractivity contribution >= 4 is 17.5 Å². The zero-order chi connectivity index (χ0) is 13.1. The topological polar surface area (TPSA) is 82.0 Å². The number of rotatable bonds is 3. The molecule has 5 nitrogen and oxygen atoms in total. The second-order valence-corrected chi connectivity index (χ2v) is 4.34. The number of benzene rings is 1. The van der Waals surface area contributed by atoms with Crippen LogP contribution in [-0.2, 0) is 11.2 Å². The van der Waals surface area contributed by atoms with Crippen molar-refractivity contribution in [2.24, 2.45) is 5.92 Å². The lowest BCUT2D eigenvalue weighted by Crippen LogP contribution is -2.27. The monoisotopic (exact) mass is 243 g/mol. The zero-order valence-electron chi connectivity index (χ0n) is 9.99. The fraction of sp³-hybridized carbons (Fsp3) is 0.308. The number of amides is 2. The molecule has 1 unspecified atom stereocenters. The molecule has 0 spiro atoms. The number of hydrogen-bond donors (Lipinski definition) is 2. The van der Waals surface area contributed by atoms with E-state index in [1.807, 2.05) is 6.07 Å². The Morgan fingerprint density at radius 1 is 1.61 bits per heavy atom. The highest BCUT2D eigenvalue weighted by molar-refractivity contribution is 6.02. The average Bonchev–Trinajstić information content (AvgIpc) is 2.74. The third-order valence-electron chi connectivity index (χ3n) is 2.79. The van der Waals surface area contributed by atoms with Gasteiger partial charge in [-0.2, -0.15) is 5.26 Å². The van der Waals surface area contributed by atoms with E-state index in [-0.39, 0.29) is 17.7 Å². The summed E-state index contributed by atoms with van der Waals surface area (Å²) in [5.74, 6) is -0.509. The summed E-state index contributed by atoms with van der Waals surface area (Å²) >= 11 is 0. The van der Waals surface area contributed by atoms with Gasteiger partial charge in [0.15, 0.2) is 0 Å². The van der Waals surface area contributed by atoms with Gasteiger partial charge in [0.1, 0.15) is 0 Å². The molecule has 2 N–H and O–H groups in total. The number of nitrogens with zero attached hydrogens (tertiary/aromatic N) is 1. The Labute approximate surface area is 105 Å². The zero-order valence-corrected chi connectivity index (χ0v) is 9.99. The molecular weight excluding hydrogens is 230 g/mol. The van der Waals surface area contributed by atoms with Crippen LogP contribution in [0.1, 0.15) is 22.8 Å². The van der Waals surface area contributed by atoms with E-state index in [0.29, 0.717) is 24.2 Å². The summed E-state index contributed by atoms with van der Waals surface area (Å²) in [5.41, 5.74) is 2.09. The van der Waals surface area contributed by atoms with Gasteiger partial charge in [-0.1, -0.05) is 6.07 Å². The van der Waals surface area contributed by atoms with Crippen LogP contribution in [0.2, 0.25) is 0 Å². The van der Waals surface area contributed by atoms with E-state index < -0.39 is 0 Å². The number of hydrogen-bond acceptors (Lipinski definition) is 3. The Kier molecular flexibility index (Phi) is 3.28. The van der Waals surface area contributed by atoms with Crippen molar-refractivity contribution in [1.82, 2.24) is 5.32 Å². The summed E-state index contributed by atoms with van der Waals surface area (Å²) in [6.45, 7) is 2.06. The highest BCUT2D eigenvalue weighted by atomic mass is 16.2. The fourth-order valence-electron chi connectivity index (χ4n) is 1.75. The first-order valence-corrected chi connectivity index (χ1v) is 5.70. The highest BCUT2D eigenvalue weighted by Crippen LogP contribution is 2.23. The minimum absolute atomic E-state index is 0.0549.